The third kappa shape index (κ3) is 4.40. The Morgan fingerprint density at radius 1 is 1.03 bits per heavy atom. The molecule has 0 bridgehead atoms. The van der Waals surface area contributed by atoms with E-state index < -0.39 is 10.0 Å². The second-order valence-electron chi connectivity index (χ2n) is 7.74. The van der Waals surface area contributed by atoms with Gasteiger partial charge in [-0.2, -0.15) is 0 Å². The molecule has 31 heavy (non-hydrogen) atoms. The summed E-state index contributed by atoms with van der Waals surface area (Å²) >= 11 is 1.60. The largest absolute Gasteiger partial charge is 0.355 e. The molecule has 3 N–H and O–H groups in total. The second kappa shape index (κ2) is 8.51. The summed E-state index contributed by atoms with van der Waals surface area (Å²) < 4.78 is 29.8. The van der Waals surface area contributed by atoms with Crippen LogP contribution in [0.4, 0.5) is 11.4 Å². The van der Waals surface area contributed by atoms with E-state index in [0.29, 0.717) is 12.5 Å². The summed E-state index contributed by atoms with van der Waals surface area (Å²) in [6, 6.07) is 12.9. The number of rotatable bonds is 6. The third-order valence-electron chi connectivity index (χ3n) is 5.65. The molecule has 0 saturated carbocycles. The fourth-order valence-corrected chi connectivity index (χ4v) is 5.69. The molecule has 1 aliphatic heterocycles. The SMILES string of the molecule is O=S(=O)(NCC1CCNCC1)c1ccc2nccc(Nc3ccc4scnc4c3)c2c1. The first kappa shape index (κ1) is 20.3. The van der Waals surface area contributed by atoms with Crippen LogP contribution in [0.1, 0.15) is 12.8 Å². The maximum Gasteiger partial charge on any atom is 0.240 e. The smallest absolute Gasteiger partial charge is 0.240 e. The highest BCUT2D eigenvalue weighted by Gasteiger charge is 2.19. The van der Waals surface area contributed by atoms with Crippen LogP contribution in [-0.2, 0) is 10.0 Å². The number of aromatic nitrogens is 2. The number of pyridine rings is 1. The zero-order chi connectivity index (χ0) is 21.3. The van der Waals surface area contributed by atoms with Gasteiger partial charge in [-0.05, 0) is 74.3 Å². The molecule has 0 aliphatic carbocycles. The lowest BCUT2D eigenvalue weighted by Crippen LogP contribution is -2.35. The Hall–Kier alpha value is -2.59. The van der Waals surface area contributed by atoms with E-state index in [1.807, 2.05) is 29.8 Å². The van der Waals surface area contributed by atoms with Crippen molar-refractivity contribution in [2.75, 3.05) is 25.0 Å². The second-order valence-corrected chi connectivity index (χ2v) is 10.4. The van der Waals surface area contributed by atoms with Crippen molar-refractivity contribution in [2.45, 2.75) is 17.7 Å². The molecule has 1 fully saturated rings. The molecule has 5 rings (SSSR count). The summed E-state index contributed by atoms with van der Waals surface area (Å²) in [6.45, 7) is 2.35. The summed E-state index contributed by atoms with van der Waals surface area (Å²) in [5.41, 5.74) is 5.18. The summed E-state index contributed by atoms with van der Waals surface area (Å²) in [4.78, 5) is 9.01. The highest BCUT2D eigenvalue weighted by atomic mass is 32.2. The molecule has 7 nitrogen and oxygen atoms in total. The number of hydrogen-bond donors (Lipinski definition) is 3. The maximum atomic E-state index is 12.9. The topological polar surface area (TPSA) is 96.0 Å². The van der Waals surface area contributed by atoms with E-state index in [9.17, 15) is 8.42 Å². The highest BCUT2D eigenvalue weighted by Crippen LogP contribution is 2.29. The van der Waals surface area contributed by atoms with Crippen molar-refractivity contribution < 1.29 is 8.42 Å². The van der Waals surface area contributed by atoms with Gasteiger partial charge >= 0.3 is 0 Å². The van der Waals surface area contributed by atoms with Gasteiger partial charge in [0, 0.05) is 29.5 Å². The minimum Gasteiger partial charge on any atom is -0.355 e. The molecule has 1 aliphatic rings. The number of nitrogens with one attached hydrogen (secondary N) is 3. The maximum absolute atomic E-state index is 12.9. The number of fused-ring (bicyclic) bond motifs is 2. The van der Waals surface area contributed by atoms with Gasteiger partial charge < -0.3 is 10.6 Å². The van der Waals surface area contributed by atoms with Crippen molar-refractivity contribution >= 4 is 53.9 Å². The van der Waals surface area contributed by atoms with Crippen LogP contribution in [0.5, 0.6) is 0 Å². The Morgan fingerprint density at radius 2 is 1.90 bits per heavy atom. The lowest BCUT2D eigenvalue weighted by atomic mass is 9.99. The van der Waals surface area contributed by atoms with E-state index in [1.165, 1.54) is 0 Å². The number of benzene rings is 2. The molecule has 0 spiro atoms. The van der Waals surface area contributed by atoms with Crippen LogP contribution in [0, 0.1) is 5.92 Å². The molecule has 0 radical (unpaired) electrons. The lowest BCUT2D eigenvalue weighted by Gasteiger charge is -2.22. The van der Waals surface area contributed by atoms with E-state index >= 15 is 0 Å². The van der Waals surface area contributed by atoms with E-state index in [2.05, 4.69) is 25.3 Å². The zero-order valence-electron chi connectivity index (χ0n) is 16.8. The summed E-state index contributed by atoms with van der Waals surface area (Å²) in [5, 5.41) is 7.45. The number of sulfonamides is 1. The Kier molecular flexibility index (Phi) is 5.58. The molecule has 9 heteroatoms. The van der Waals surface area contributed by atoms with Gasteiger partial charge in [0.1, 0.15) is 0 Å². The standard InChI is InChI=1S/C22H23N5O2S2/c28-31(29,26-13-15-5-8-23-9-6-15)17-2-3-19-18(12-17)20(7-10-24-19)27-16-1-4-22-21(11-16)25-14-30-22/h1-4,7,10-12,14-15,23,26H,5-6,8-9,13H2,(H,24,27). The van der Waals surface area contributed by atoms with Crippen LogP contribution in [-0.4, -0.2) is 38.0 Å². The molecule has 160 valence electrons. The fourth-order valence-electron chi connectivity index (χ4n) is 3.89. The summed E-state index contributed by atoms with van der Waals surface area (Å²) in [6.07, 6.45) is 3.69. The average Bonchev–Trinajstić information content (AvgIpc) is 3.26. The minimum atomic E-state index is -3.60. The first-order chi connectivity index (χ1) is 15.1. The Bertz CT molecular complexity index is 1330. The van der Waals surface area contributed by atoms with Gasteiger partial charge in [-0.25, -0.2) is 18.1 Å². The normalized spacial score (nSPS) is 15.5. The van der Waals surface area contributed by atoms with E-state index in [4.69, 9.17) is 0 Å². The molecule has 0 atom stereocenters. The number of hydrogen-bond acceptors (Lipinski definition) is 7. The van der Waals surface area contributed by atoms with Crippen LogP contribution in [0.2, 0.25) is 0 Å². The molecule has 0 amide bonds. The Balaban J connectivity index is 1.42. The van der Waals surface area contributed by atoms with Crippen molar-refractivity contribution in [1.29, 1.82) is 0 Å². The van der Waals surface area contributed by atoms with Gasteiger partial charge in [-0.15, -0.1) is 11.3 Å². The number of piperidine rings is 1. The molecule has 1 saturated heterocycles. The molecular weight excluding hydrogens is 430 g/mol. The van der Waals surface area contributed by atoms with E-state index in [1.54, 1.807) is 35.7 Å². The summed E-state index contributed by atoms with van der Waals surface area (Å²) in [7, 11) is -3.60. The van der Waals surface area contributed by atoms with Crippen LogP contribution in [0.25, 0.3) is 21.1 Å². The number of nitrogens with zero attached hydrogens (tertiary/aromatic N) is 2. The zero-order valence-corrected chi connectivity index (χ0v) is 18.5. The van der Waals surface area contributed by atoms with Gasteiger partial charge in [0.25, 0.3) is 0 Å². The van der Waals surface area contributed by atoms with Crippen molar-refractivity contribution in [3.63, 3.8) is 0 Å². The predicted molar refractivity (Wildman–Crippen MR) is 125 cm³/mol. The third-order valence-corrected chi connectivity index (χ3v) is 7.88. The minimum absolute atomic E-state index is 0.250. The first-order valence-electron chi connectivity index (χ1n) is 10.3. The van der Waals surface area contributed by atoms with Gasteiger partial charge in [0.2, 0.25) is 10.0 Å². The highest BCUT2D eigenvalue weighted by molar-refractivity contribution is 7.89. The monoisotopic (exact) mass is 453 g/mol. The average molecular weight is 454 g/mol. The fraction of sp³-hybridized carbons (Fsp3) is 0.273. The van der Waals surface area contributed by atoms with Crippen LogP contribution in [0.3, 0.4) is 0 Å². The predicted octanol–water partition coefficient (Wildman–Crippen LogP) is 3.87. The summed E-state index contributed by atoms with van der Waals surface area (Å²) in [5.74, 6) is 0.371. The quantitative estimate of drug-likeness (QED) is 0.410. The van der Waals surface area contributed by atoms with Crippen LogP contribution < -0.4 is 15.4 Å². The van der Waals surface area contributed by atoms with Crippen LogP contribution >= 0.6 is 11.3 Å². The molecular formula is C22H23N5O2S2. The van der Waals surface area contributed by atoms with Crippen molar-refractivity contribution in [3.05, 3.63) is 54.2 Å². The van der Waals surface area contributed by atoms with Crippen molar-refractivity contribution in [2.24, 2.45) is 5.92 Å². The molecule has 2 aromatic heterocycles. The lowest BCUT2D eigenvalue weighted by molar-refractivity contribution is 0.372. The van der Waals surface area contributed by atoms with Crippen molar-refractivity contribution in [3.8, 4) is 0 Å². The van der Waals surface area contributed by atoms with Crippen LogP contribution in [0.15, 0.2) is 59.1 Å². The molecule has 0 unspecified atom stereocenters. The van der Waals surface area contributed by atoms with E-state index in [0.717, 1.165) is 58.4 Å². The molecule has 3 heterocycles. The molecule has 2 aromatic carbocycles. The molecule has 4 aromatic rings. The van der Waals surface area contributed by atoms with Crippen molar-refractivity contribution in [1.82, 2.24) is 20.0 Å². The Labute approximate surface area is 185 Å². The van der Waals surface area contributed by atoms with Gasteiger partial charge in [0.05, 0.1) is 26.1 Å². The van der Waals surface area contributed by atoms with Gasteiger partial charge in [-0.3, -0.25) is 4.98 Å². The Morgan fingerprint density at radius 3 is 2.77 bits per heavy atom. The number of thiazole rings is 1. The van der Waals surface area contributed by atoms with Gasteiger partial charge in [-0.1, -0.05) is 0 Å². The van der Waals surface area contributed by atoms with Gasteiger partial charge in [0.15, 0.2) is 0 Å². The van der Waals surface area contributed by atoms with E-state index in [-0.39, 0.29) is 4.90 Å². The first-order valence-corrected chi connectivity index (χ1v) is 12.6. The number of anilines is 2.